The number of amides is 1. The van der Waals surface area contributed by atoms with Crippen LogP contribution in [0.3, 0.4) is 0 Å². The molecule has 0 aliphatic carbocycles. The van der Waals surface area contributed by atoms with E-state index in [0.717, 1.165) is 6.07 Å². The van der Waals surface area contributed by atoms with Gasteiger partial charge in [-0.2, -0.15) is 4.31 Å². The van der Waals surface area contributed by atoms with Gasteiger partial charge in [0.2, 0.25) is 10.0 Å². The van der Waals surface area contributed by atoms with Gasteiger partial charge in [0.05, 0.1) is 28.6 Å². The molecule has 1 saturated heterocycles. The number of halogens is 1. The summed E-state index contributed by atoms with van der Waals surface area (Å²) in [5.41, 5.74) is 0.413. The average molecular weight is 498 g/mol. The maximum atomic E-state index is 13.1. The van der Waals surface area contributed by atoms with Crippen molar-refractivity contribution in [1.29, 1.82) is 0 Å². The Hall–Kier alpha value is -2.89. The van der Waals surface area contributed by atoms with Crippen molar-refractivity contribution < 1.29 is 27.6 Å². The van der Waals surface area contributed by atoms with E-state index in [1.54, 1.807) is 13.8 Å². The molecule has 1 fully saturated rings. The number of carbonyl (C=O) groups is 1. The fraction of sp³-hybridized carbons (Fsp3) is 0.381. The Morgan fingerprint density at radius 1 is 1.18 bits per heavy atom. The summed E-state index contributed by atoms with van der Waals surface area (Å²) < 4.78 is 38.2. The van der Waals surface area contributed by atoms with Gasteiger partial charge in [-0.25, -0.2) is 8.42 Å². The minimum absolute atomic E-state index is 0.0537. The number of nitro groups is 1. The van der Waals surface area contributed by atoms with Crippen molar-refractivity contribution in [1.82, 2.24) is 9.21 Å². The fourth-order valence-electron chi connectivity index (χ4n) is 3.56. The number of nitro benzene ring substituents is 1. The van der Waals surface area contributed by atoms with Gasteiger partial charge in [-0.1, -0.05) is 17.7 Å². The average Bonchev–Trinajstić information content (AvgIpc) is 2.79. The van der Waals surface area contributed by atoms with E-state index in [1.165, 1.54) is 40.6 Å². The van der Waals surface area contributed by atoms with Gasteiger partial charge in [0.25, 0.3) is 11.6 Å². The molecule has 1 heterocycles. The maximum absolute atomic E-state index is 13.1. The number of non-ortho nitro benzene ring substituents is 1. The minimum atomic E-state index is -3.96. The van der Waals surface area contributed by atoms with Crippen molar-refractivity contribution >= 4 is 33.2 Å². The van der Waals surface area contributed by atoms with Gasteiger partial charge in [-0.3, -0.25) is 14.9 Å². The first-order valence-electron chi connectivity index (χ1n) is 10.1. The van der Waals surface area contributed by atoms with Crippen molar-refractivity contribution in [3.63, 3.8) is 0 Å². The van der Waals surface area contributed by atoms with Crippen LogP contribution in [0.2, 0.25) is 5.02 Å². The van der Waals surface area contributed by atoms with Crippen molar-refractivity contribution in [3.8, 4) is 11.5 Å². The summed E-state index contributed by atoms with van der Waals surface area (Å²) in [4.78, 5) is 24.9. The lowest BCUT2D eigenvalue weighted by Crippen LogP contribution is -2.50. The van der Waals surface area contributed by atoms with Gasteiger partial charge in [-0.05, 0) is 31.5 Å². The summed E-state index contributed by atoms with van der Waals surface area (Å²) in [6.07, 6.45) is 0. The zero-order chi connectivity index (χ0) is 24.3. The Morgan fingerprint density at radius 3 is 2.42 bits per heavy atom. The first kappa shape index (κ1) is 24.7. The fourth-order valence-corrected chi connectivity index (χ4v) is 5.49. The highest BCUT2D eigenvalue weighted by Crippen LogP contribution is 2.37. The normalized spacial score (nSPS) is 14.7. The number of piperazine rings is 1. The molecular weight excluding hydrogens is 474 g/mol. The van der Waals surface area contributed by atoms with Gasteiger partial charge in [-0.15, -0.1) is 0 Å². The topological polar surface area (TPSA) is 119 Å². The van der Waals surface area contributed by atoms with E-state index in [9.17, 15) is 23.3 Å². The van der Waals surface area contributed by atoms with Crippen molar-refractivity contribution in [3.05, 3.63) is 56.6 Å². The van der Waals surface area contributed by atoms with Crippen molar-refractivity contribution in [2.45, 2.75) is 18.7 Å². The molecular formula is C21H24ClN3O7S. The van der Waals surface area contributed by atoms with Crippen molar-refractivity contribution in [2.24, 2.45) is 0 Å². The Bertz CT molecular complexity index is 1180. The zero-order valence-corrected chi connectivity index (χ0v) is 20.0. The third-order valence-corrected chi connectivity index (χ3v) is 7.61. The predicted molar refractivity (Wildman–Crippen MR) is 122 cm³/mol. The molecule has 1 amide bonds. The van der Waals surface area contributed by atoms with E-state index >= 15 is 0 Å². The second kappa shape index (κ2) is 9.94. The minimum Gasteiger partial charge on any atom is -0.493 e. The molecule has 0 bridgehead atoms. The van der Waals surface area contributed by atoms with Crippen LogP contribution in [0, 0.1) is 17.0 Å². The van der Waals surface area contributed by atoms with E-state index in [4.69, 9.17) is 21.1 Å². The van der Waals surface area contributed by atoms with Crippen LogP contribution in [-0.4, -0.2) is 68.3 Å². The molecule has 0 aromatic heterocycles. The first-order chi connectivity index (χ1) is 15.6. The van der Waals surface area contributed by atoms with Crippen LogP contribution in [0.4, 0.5) is 5.69 Å². The second-order valence-corrected chi connectivity index (χ2v) is 9.64. The predicted octanol–water partition coefficient (Wildman–Crippen LogP) is 3.11. The van der Waals surface area contributed by atoms with Crippen LogP contribution < -0.4 is 9.47 Å². The Balaban J connectivity index is 1.77. The van der Waals surface area contributed by atoms with Gasteiger partial charge in [0, 0.05) is 43.9 Å². The van der Waals surface area contributed by atoms with E-state index in [1.807, 2.05) is 0 Å². The molecule has 2 aromatic carbocycles. The molecule has 10 nitrogen and oxygen atoms in total. The summed E-state index contributed by atoms with van der Waals surface area (Å²) in [7, 11) is -2.51. The molecule has 178 valence electrons. The number of sulfonamides is 1. The molecule has 2 aromatic rings. The van der Waals surface area contributed by atoms with Gasteiger partial charge < -0.3 is 14.4 Å². The lowest BCUT2D eigenvalue weighted by Gasteiger charge is -2.34. The first-order valence-corrected chi connectivity index (χ1v) is 12.0. The van der Waals surface area contributed by atoms with E-state index in [2.05, 4.69) is 0 Å². The summed E-state index contributed by atoms with van der Waals surface area (Å²) >= 11 is 6.26. The van der Waals surface area contributed by atoms with E-state index < -0.39 is 14.9 Å². The van der Waals surface area contributed by atoms with Crippen LogP contribution >= 0.6 is 11.6 Å². The largest absolute Gasteiger partial charge is 0.493 e. The molecule has 33 heavy (non-hydrogen) atoms. The molecule has 3 rings (SSSR count). The maximum Gasteiger partial charge on any atom is 0.270 e. The van der Waals surface area contributed by atoms with Crippen LogP contribution in [0.5, 0.6) is 11.5 Å². The number of benzene rings is 2. The Kier molecular flexibility index (Phi) is 7.45. The monoisotopic (exact) mass is 497 g/mol. The molecule has 0 saturated carbocycles. The highest BCUT2D eigenvalue weighted by molar-refractivity contribution is 7.89. The smallest absolute Gasteiger partial charge is 0.270 e. The zero-order valence-electron chi connectivity index (χ0n) is 18.4. The van der Waals surface area contributed by atoms with Gasteiger partial charge in [0.1, 0.15) is 0 Å². The quantitative estimate of drug-likeness (QED) is 0.425. The molecule has 0 unspecified atom stereocenters. The molecule has 1 aliphatic rings. The van der Waals surface area contributed by atoms with Crippen LogP contribution in [0.15, 0.2) is 35.2 Å². The van der Waals surface area contributed by atoms with Crippen molar-refractivity contribution in [2.75, 3.05) is 39.9 Å². The molecule has 0 N–H and O–H groups in total. The summed E-state index contributed by atoms with van der Waals surface area (Å²) in [5, 5.41) is 11.3. The van der Waals surface area contributed by atoms with Gasteiger partial charge >= 0.3 is 0 Å². The van der Waals surface area contributed by atoms with E-state index in [-0.39, 0.29) is 47.7 Å². The molecule has 12 heteroatoms. The summed E-state index contributed by atoms with van der Waals surface area (Å²) in [5.74, 6) is 0.360. The number of aryl methyl sites for hydroxylation is 1. The standard InChI is InChI=1S/C21H24ClN3O7S/c1-4-32-20-17(22)11-15(12-18(20)31-3)21(26)23-7-9-24(10-8-23)33(29,30)19-13-16(25(27)28)6-5-14(19)2/h5-6,11-13H,4,7-10H2,1-3H3. The molecule has 1 aliphatic heterocycles. The Labute approximate surface area is 196 Å². The molecule has 0 spiro atoms. The Morgan fingerprint density at radius 2 is 1.85 bits per heavy atom. The number of methoxy groups -OCH3 is 1. The molecule has 0 radical (unpaired) electrons. The van der Waals surface area contributed by atoms with Crippen LogP contribution in [-0.2, 0) is 10.0 Å². The number of ether oxygens (including phenoxy) is 2. The highest BCUT2D eigenvalue weighted by atomic mass is 35.5. The number of carbonyl (C=O) groups excluding carboxylic acids is 1. The lowest BCUT2D eigenvalue weighted by molar-refractivity contribution is -0.385. The molecule has 0 atom stereocenters. The third-order valence-electron chi connectivity index (χ3n) is 5.29. The second-order valence-electron chi connectivity index (χ2n) is 7.33. The third kappa shape index (κ3) is 5.05. The van der Waals surface area contributed by atoms with Crippen LogP contribution in [0.1, 0.15) is 22.8 Å². The lowest BCUT2D eigenvalue weighted by atomic mass is 10.1. The summed E-state index contributed by atoms with van der Waals surface area (Å²) in [6, 6.07) is 6.77. The van der Waals surface area contributed by atoms with E-state index in [0.29, 0.717) is 29.2 Å². The van der Waals surface area contributed by atoms with Crippen LogP contribution in [0.25, 0.3) is 0 Å². The number of rotatable bonds is 7. The summed E-state index contributed by atoms with van der Waals surface area (Å²) in [6.45, 7) is 4.18. The van der Waals surface area contributed by atoms with Gasteiger partial charge in [0.15, 0.2) is 11.5 Å². The number of nitrogens with zero attached hydrogens (tertiary/aromatic N) is 3. The SMILES string of the molecule is CCOc1c(Cl)cc(C(=O)N2CCN(S(=O)(=O)c3cc([N+](=O)[O-])ccc3C)CC2)cc1OC. The number of hydrogen-bond donors (Lipinski definition) is 0. The highest BCUT2D eigenvalue weighted by Gasteiger charge is 2.32. The number of hydrogen-bond acceptors (Lipinski definition) is 7.